The molecular weight excluding hydrogens is 196 g/mol. The van der Waals surface area contributed by atoms with E-state index in [1.165, 1.54) is 16.7 Å². The molecule has 88 valence electrons. The SMILES string of the molecule is C=CCCC(C)(O)Cc1c(C)cccc1C. The van der Waals surface area contributed by atoms with E-state index >= 15 is 0 Å². The molecule has 1 unspecified atom stereocenters. The molecule has 16 heavy (non-hydrogen) atoms. The summed E-state index contributed by atoms with van der Waals surface area (Å²) in [5.41, 5.74) is 3.17. The molecule has 1 N–H and O–H groups in total. The Labute approximate surface area is 98.8 Å². The number of rotatable bonds is 5. The molecule has 0 aromatic heterocycles. The lowest BCUT2D eigenvalue weighted by atomic mass is 9.88. The largest absolute Gasteiger partial charge is 0.390 e. The fourth-order valence-electron chi connectivity index (χ4n) is 2.01. The van der Waals surface area contributed by atoms with Crippen molar-refractivity contribution in [3.63, 3.8) is 0 Å². The average molecular weight is 218 g/mol. The number of allylic oxidation sites excluding steroid dienone is 1. The van der Waals surface area contributed by atoms with E-state index < -0.39 is 5.60 Å². The predicted molar refractivity (Wildman–Crippen MR) is 69.7 cm³/mol. The van der Waals surface area contributed by atoms with Crippen molar-refractivity contribution in [2.45, 2.75) is 45.6 Å². The molecule has 0 amide bonds. The van der Waals surface area contributed by atoms with E-state index in [-0.39, 0.29) is 0 Å². The lowest BCUT2D eigenvalue weighted by Crippen LogP contribution is -2.27. The molecule has 0 radical (unpaired) electrons. The Morgan fingerprint density at radius 3 is 2.38 bits per heavy atom. The molecule has 0 bridgehead atoms. The third-order valence-corrected chi connectivity index (χ3v) is 3.09. The van der Waals surface area contributed by atoms with Crippen molar-refractivity contribution in [3.05, 3.63) is 47.5 Å². The summed E-state index contributed by atoms with van der Waals surface area (Å²) in [6.07, 6.45) is 4.21. The minimum Gasteiger partial charge on any atom is -0.390 e. The normalized spacial score (nSPS) is 14.5. The maximum Gasteiger partial charge on any atom is 0.0663 e. The highest BCUT2D eigenvalue weighted by Crippen LogP contribution is 2.23. The van der Waals surface area contributed by atoms with Crippen LogP contribution in [0.15, 0.2) is 30.9 Å². The minimum atomic E-state index is -0.634. The van der Waals surface area contributed by atoms with Crippen LogP contribution in [0.1, 0.15) is 36.5 Å². The monoisotopic (exact) mass is 218 g/mol. The second kappa shape index (κ2) is 5.31. The molecule has 0 saturated carbocycles. The predicted octanol–water partition coefficient (Wildman–Crippen LogP) is 3.56. The number of aryl methyl sites for hydroxylation is 2. The van der Waals surface area contributed by atoms with Crippen LogP contribution in [0.3, 0.4) is 0 Å². The summed E-state index contributed by atoms with van der Waals surface area (Å²) >= 11 is 0. The molecule has 1 heteroatoms. The van der Waals surface area contributed by atoms with Gasteiger partial charge in [0.25, 0.3) is 0 Å². The van der Waals surface area contributed by atoms with Crippen LogP contribution < -0.4 is 0 Å². The zero-order valence-electron chi connectivity index (χ0n) is 10.6. The quantitative estimate of drug-likeness (QED) is 0.749. The van der Waals surface area contributed by atoms with E-state index in [9.17, 15) is 5.11 Å². The molecule has 1 aromatic carbocycles. The average Bonchev–Trinajstić information content (AvgIpc) is 2.21. The van der Waals surface area contributed by atoms with Crippen LogP contribution in [-0.2, 0) is 6.42 Å². The number of hydrogen-bond acceptors (Lipinski definition) is 1. The second-order valence-electron chi connectivity index (χ2n) is 4.87. The fraction of sp³-hybridized carbons (Fsp3) is 0.467. The third-order valence-electron chi connectivity index (χ3n) is 3.09. The van der Waals surface area contributed by atoms with Gasteiger partial charge in [-0.15, -0.1) is 6.58 Å². The van der Waals surface area contributed by atoms with Crippen LogP contribution in [0, 0.1) is 13.8 Å². The molecule has 0 aliphatic rings. The molecule has 0 spiro atoms. The van der Waals surface area contributed by atoms with E-state index in [2.05, 4.69) is 38.6 Å². The van der Waals surface area contributed by atoms with E-state index in [1.807, 2.05) is 13.0 Å². The van der Waals surface area contributed by atoms with Gasteiger partial charge in [0, 0.05) is 6.42 Å². The Morgan fingerprint density at radius 1 is 1.31 bits per heavy atom. The topological polar surface area (TPSA) is 20.2 Å². The minimum absolute atomic E-state index is 0.634. The van der Waals surface area contributed by atoms with Gasteiger partial charge in [0.1, 0.15) is 0 Å². The van der Waals surface area contributed by atoms with Gasteiger partial charge >= 0.3 is 0 Å². The molecule has 0 saturated heterocycles. The van der Waals surface area contributed by atoms with Crippen LogP contribution >= 0.6 is 0 Å². The molecule has 0 fully saturated rings. The van der Waals surface area contributed by atoms with Crippen molar-refractivity contribution in [3.8, 4) is 0 Å². The van der Waals surface area contributed by atoms with Crippen LogP contribution in [-0.4, -0.2) is 10.7 Å². The third kappa shape index (κ3) is 3.49. The Kier molecular flexibility index (Phi) is 4.31. The summed E-state index contributed by atoms with van der Waals surface area (Å²) in [6.45, 7) is 9.81. The van der Waals surface area contributed by atoms with Crippen molar-refractivity contribution in [2.75, 3.05) is 0 Å². The van der Waals surface area contributed by atoms with Crippen LogP contribution in [0.25, 0.3) is 0 Å². The Morgan fingerprint density at radius 2 is 1.88 bits per heavy atom. The smallest absolute Gasteiger partial charge is 0.0663 e. The van der Waals surface area contributed by atoms with Gasteiger partial charge in [-0.25, -0.2) is 0 Å². The summed E-state index contributed by atoms with van der Waals surface area (Å²) in [4.78, 5) is 0. The van der Waals surface area contributed by atoms with Crippen LogP contribution in [0.4, 0.5) is 0 Å². The molecule has 1 aromatic rings. The van der Waals surface area contributed by atoms with Gasteiger partial charge in [0.15, 0.2) is 0 Å². The summed E-state index contributed by atoms with van der Waals surface area (Å²) in [5.74, 6) is 0. The first kappa shape index (κ1) is 13.0. The highest BCUT2D eigenvalue weighted by molar-refractivity contribution is 5.34. The van der Waals surface area contributed by atoms with E-state index in [0.29, 0.717) is 0 Å². The molecule has 0 aliphatic carbocycles. The summed E-state index contributed by atoms with van der Waals surface area (Å²) in [5, 5.41) is 10.3. The van der Waals surface area contributed by atoms with E-state index in [4.69, 9.17) is 0 Å². The van der Waals surface area contributed by atoms with E-state index in [0.717, 1.165) is 19.3 Å². The van der Waals surface area contributed by atoms with Gasteiger partial charge in [-0.1, -0.05) is 24.3 Å². The van der Waals surface area contributed by atoms with Crippen molar-refractivity contribution in [2.24, 2.45) is 0 Å². The Hall–Kier alpha value is -1.08. The lowest BCUT2D eigenvalue weighted by Gasteiger charge is -2.24. The summed E-state index contributed by atoms with van der Waals surface area (Å²) in [6, 6.07) is 6.27. The highest BCUT2D eigenvalue weighted by Gasteiger charge is 2.21. The molecule has 1 atom stereocenters. The lowest BCUT2D eigenvalue weighted by molar-refractivity contribution is 0.0520. The summed E-state index contributed by atoms with van der Waals surface area (Å²) < 4.78 is 0. The van der Waals surface area contributed by atoms with Crippen LogP contribution in [0.2, 0.25) is 0 Å². The number of benzene rings is 1. The maximum absolute atomic E-state index is 10.3. The zero-order valence-corrected chi connectivity index (χ0v) is 10.6. The Bertz CT molecular complexity index is 343. The summed E-state index contributed by atoms with van der Waals surface area (Å²) in [7, 11) is 0. The first-order valence-corrected chi connectivity index (χ1v) is 5.84. The van der Waals surface area contributed by atoms with Gasteiger partial charge in [-0.3, -0.25) is 0 Å². The number of aliphatic hydroxyl groups is 1. The van der Waals surface area contributed by atoms with Gasteiger partial charge in [0.2, 0.25) is 0 Å². The first-order valence-electron chi connectivity index (χ1n) is 5.84. The Balaban J connectivity index is 2.82. The fourth-order valence-corrected chi connectivity index (χ4v) is 2.01. The van der Waals surface area contributed by atoms with Gasteiger partial charge in [-0.2, -0.15) is 0 Å². The van der Waals surface area contributed by atoms with Crippen molar-refractivity contribution < 1.29 is 5.11 Å². The standard InChI is InChI=1S/C15H22O/c1-5-6-10-15(4,16)11-14-12(2)8-7-9-13(14)3/h5,7-9,16H,1,6,10-11H2,2-4H3. The maximum atomic E-state index is 10.3. The molecule has 1 nitrogen and oxygen atoms in total. The second-order valence-corrected chi connectivity index (χ2v) is 4.87. The van der Waals surface area contributed by atoms with Gasteiger partial charge in [0.05, 0.1) is 5.60 Å². The van der Waals surface area contributed by atoms with E-state index in [1.54, 1.807) is 0 Å². The van der Waals surface area contributed by atoms with Gasteiger partial charge < -0.3 is 5.11 Å². The first-order chi connectivity index (χ1) is 7.46. The molecule has 0 heterocycles. The van der Waals surface area contributed by atoms with Crippen LogP contribution in [0.5, 0.6) is 0 Å². The van der Waals surface area contributed by atoms with Crippen molar-refractivity contribution in [1.29, 1.82) is 0 Å². The van der Waals surface area contributed by atoms with Gasteiger partial charge in [-0.05, 0) is 50.3 Å². The zero-order chi connectivity index (χ0) is 12.2. The molecule has 0 aliphatic heterocycles. The number of hydrogen-bond donors (Lipinski definition) is 1. The molecular formula is C15H22O. The van der Waals surface area contributed by atoms with Crippen molar-refractivity contribution in [1.82, 2.24) is 0 Å². The molecule has 1 rings (SSSR count). The highest BCUT2D eigenvalue weighted by atomic mass is 16.3. The van der Waals surface area contributed by atoms with Crippen molar-refractivity contribution >= 4 is 0 Å².